The summed E-state index contributed by atoms with van der Waals surface area (Å²) in [6.45, 7) is 6.46. The van der Waals surface area contributed by atoms with Gasteiger partial charge in [-0.3, -0.25) is 4.79 Å². The van der Waals surface area contributed by atoms with Crippen molar-refractivity contribution < 1.29 is 9.53 Å². The minimum absolute atomic E-state index is 0.131. The zero-order valence-corrected chi connectivity index (χ0v) is 13.3. The zero-order chi connectivity index (χ0) is 15.2. The van der Waals surface area contributed by atoms with Crippen LogP contribution in [0.25, 0.3) is 0 Å². The van der Waals surface area contributed by atoms with E-state index in [1.54, 1.807) is 0 Å². The Morgan fingerprint density at radius 1 is 1.33 bits per heavy atom. The first-order chi connectivity index (χ1) is 10.2. The zero-order valence-electron chi connectivity index (χ0n) is 13.3. The minimum atomic E-state index is 0.131. The van der Waals surface area contributed by atoms with Gasteiger partial charge >= 0.3 is 0 Å². The molecule has 1 amide bonds. The van der Waals surface area contributed by atoms with Crippen molar-refractivity contribution in [3.63, 3.8) is 0 Å². The Morgan fingerprint density at radius 2 is 2.05 bits per heavy atom. The lowest BCUT2D eigenvalue weighted by molar-refractivity contribution is 0.0631. The first kappa shape index (κ1) is 15.8. The summed E-state index contributed by atoms with van der Waals surface area (Å²) in [7, 11) is 2.01. The van der Waals surface area contributed by atoms with E-state index < -0.39 is 0 Å². The van der Waals surface area contributed by atoms with Crippen LogP contribution >= 0.6 is 0 Å². The van der Waals surface area contributed by atoms with E-state index in [4.69, 9.17) is 4.74 Å². The second-order valence-corrected chi connectivity index (χ2v) is 5.56. The van der Waals surface area contributed by atoms with Gasteiger partial charge in [0.05, 0.1) is 6.61 Å². The number of benzene rings is 1. The molecule has 0 spiro atoms. The van der Waals surface area contributed by atoms with E-state index in [9.17, 15) is 4.79 Å². The van der Waals surface area contributed by atoms with Crippen LogP contribution in [0, 0.1) is 5.92 Å². The van der Waals surface area contributed by atoms with E-state index in [-0.39, 0.29) is 5.91 Å². The average Bonchev–Trinajstić information content (AvgIpc) is 2.54. The van der Waals surface area contributed by atoms with E-state index in [0.717, 1.165) is 37.2 Å². The largest absolute Gasteiger partial charge is 0.494 e. The number of carbonyl (C=O) groups is 1. The van der Waals surface area contributed by atoms with Gasteiger partial charge in [-0.1, -0.05) is 13.3 Å². The molecule has 1 fully saturated rings. The summed E-state index contributed by atoms with van der Waals surface area (Å²) in [5, 5.41) is 3.37. The predicted octanol–water partition coefficient (Wildman–Crippen LogP) is 2.55. The molecule has 0 saturated carbocycles. The molecule has 1 heterocycles. The van der Waals surface area contributed by atoms with Crippen LogP contribution in [0.4, 0.5) is 0 Å². The van der Waals surface area contributed by atoms with Crippen LogP contribution in [-0.4, -0.2) is 43.6 Å². The van der Waals surface area contributed by atoms with Crippen LogP contribution in [0.2, 0.25) is 0 Å². The highest BCUT2D eigenvalue weighted by molar-refractivity contribution is 5.94. The average molecular weight is 290 g/mol. The lowest BCUT2D eigenvalue weighted by Crippen LogP contribution is -2.50. The molecule has 1 saturated heterocycles. The van der Waals surface area contributed by atoms with Crippen molar-refractivity contribution in [3.8, 4) is 5.75 Å². The quantitative estimate of drug-likeness (QED) is 0.906. The first-order valence-corrected chi connectivity index (χ1v) is 7.89. The van der Waals surface area contributed by atoms with E-state index in [0.29, 0.717) is 18.6 Å². The summed E-state index contributed by atoms with van der Waals surface area (Å²) in [4.78, 5) is 14.6. The molecule has 4 heteroatoms. The van der Waals surface area contributed by atoms with E-state index in [1.165, 1.54) is 0 Å². The number of rotatable bonds is 5. The van der Waals surface area contributed by atoms with E-state index in [1.807, 2.05) is 43.1 Å². The Balaban J connectivity index is 2.02. The molecular weight excluding hydrogens is 264 g/mol. The fourth-order valence-electron chi connectivity index (χ4n) is 3.05. The molecule has 0 bridgehead atoms. The Hall–Kier alpha value is -1.55. The highest BCUT2D eigenvalue weighted by Gasteiger charge is 2.29. The second-order valence-electron chi connectivity index (χ2n) is 5.56. The monoisotopic (exact) mass is 290 g/mol. The third kappa shape index (κ3) is 3.76. The number of ether oxygens (including phenoxy) is 1. The van der Waals surface area contributed by atoms with Gasteiger partial charge in [-0.05, 0) is 50.6 Å². The summed E-state index contributed by atoms with van der Waals surface area (Å²) >= 11 is 0. The van der Waals surface area contributed by atoms with Crippen LogP contribution in [0.1, 0.15) is 37.0 Å². The van der Waals surface area contributed by atoms with Gasteiger partial charge in [0.25, 0.3) is 5.91 Å². The summed E-state index contributed by atoms with van der Waals surface area (Å²) in [6.07, 6.45) is 2.12. The van der Waals surface area contributed by atoms with E-state index >= 15 is 0 Å². The maximum Gasteiger partial charge on any atom is 0.253 e. The van der Waals surface area contributed by atoms with Crippen molar-refractivity contribution in [1.29, 1.82) is 0 Å². The molecule has 0 aromatic heterocycles. The lowest BCUT2D eigenvalue weighted by atomic mass is 9.89. The maximum atomic E-state index is 12.6. The number of piperidine rings is 1. The topological polar surface area (TPSA) is 41.6 Å². The van der Waals surface area contributed by atoms with Crippen molar-refractivity contribution in [2.75, 3.05) is 26.7 Å². The molecule has 1 aliphatic heterocycles. The van der Waals surface area contributed by atoms with E-state index in [2.05, 4.69) is 12.2 Å². The third-order valence-corrected chi connectivity index (χ3v) is 4.33. The van der Waals surface area contributed by atoms with Crippen LogP contribution in [0.5, 0.6) is 5.75 Å². The molecule has 0 aliphatic carbocycles. The molecule has 1 aliphatic rings. The van der Waals surface area contributed by atoms with Crippen molar-refractivity contribution in [2.45, 2.75) is 32.7 Å². The van der Waals surface area contributed by atoms with Crippen LogP contribution in [-0.2, 0) is 0 Å². The number of likely N-dealkylation sites (tertiary alicyclic amines) is 1. The molecule has 116 valence electrons. The number of carbonyl (C=O) groups excluding carboxylic acids is 1. The summed E-state index contributed by atoms with van der Waals surface area (Å²) in [5.74, 6) is 1.48. The number of amides is 1. The summed E-state index contributed by atoms with van der Waals surface area (Å²) < 4.78 is 5.42. The molecule has 0 radical (unpaired) electrons. The van der Waals surface area contributed by atoms with Crippen molar-refractivity contribution in [1.82, 2.24) is 10.2 Å². The maximum absolute atomic E-state index is 12.6. The highest BCUT2D eigenvalue weighted by Crippen LogP contribution is 2.22. The SMILES string of the molecule is CCOc1ccc(C(=O)N2CCC(NC)C(CC)C2)cc1. The molecular formula is C17H26N2O2. The summed E-state index contributed by atoms with van der Waals surface area (Å²) in [6, 6.07) is 7.99. The van der Waals surface area contributed by atoms with Gasteiger partial charge < -0.3 is 15.0 Å². The Morgan fingerprint density at radius 3 is 2.62 bits per heavy atom. The molecule has 2 unspecified atom stereocenters. The van der Waals surface area contributed by atoms with Gasteiger partial charge in [0.2, 0.25) is 0 Å². The number of nitrogens with one attached hydrogen (secondary N) is 1. The minimum Gasteiger partial charge on any atom is -0.494 e. The summed E-state index contributed by atoms with van der Waals surface area (Å²) in [5.41, 5.74) is 0.746. The smallest absolute Gasteiger partial charge is 0.253 e. The predicted molar refractivity (Wildman–Crippen MR) is 84.8 cm³/mol. The molecule has 1 aromatic carbocycles. The second kappa shape index (κ2) is 7.46. The molecule has 1 N–H and O–H groups in total. The van der Waals surface area contributed by atoms with Gasteiger partial charge in [-0.2, -0.15) is 0 Å². The van der Waals surface area contributed by atoms with Gasteiger partial charge in [-0.25, -0.2) is 0 Å². The van der Waals surface area contributed by atoms with Crippen molar-refractivity contribution in [3.05, 3.63) is 29.8 Å². The highest BCUT2D eigenvalue weighted by atomic mass is 16.5. The van der Waals surface area contributed by atoms with Crippen molar-refractivity contribution >= 4 is 5.91 Å². The fourth-order valence-corrected chi connectivity index (χ4v) is 3.05. The Bertz CT molecular complexity index is 458. The Labute approximate surface area is 127 Å². The fraction of sp³-hybridized carbons (Fsp3) is 0.588. The third-order valence-electron chi connectivity index (χ3n) is 4.33. The van der Waals surface area contributed by atoms with Crippen LogP contribution in [0.15, 0.2) is 24.3 Å². The van der Waals surface area contributed by atoms with Gasteiger partial charge in [0.1, 0.15) is 5.75 Å². The Kier molecular flexibility index (Phi) is 5.62. The number of hydrogen-bond donors (Lipinski definition) is 1. The van der Waals surface area contributed by atoms with Crippen molar-refractivity contribution in [2.24, 2.45) is 5.92 Å². The van der Waals surface area contributed by atoms with Gasteiger partial charge in [0.15, 0.2) is 0 Å². The first-order valence-electron chi connectivity index (χ1n) is 7.89. The molecule has 21 heavy (non-hydrogen) atoms. The standard InChI is InChI=1S/C17H26N2O2/c1-4-13-12-19(11-10-16(13)18-3)17(20)14-6-8-15(9-7-14)21-5-2/h6-9,13,16,18H,4-5,10-12H2,1-3H3. The number of nitrogens with zero attached hydrogens (tertiary/aromatic N) is 1. The molecule has 4 nitrogen and oxygen atoms in total. The normalized spacial score (nSPS) is 22.1. The van der Waals surface area contributed by atoms with Crippen LogP contribution in [0.3, 0.4) is 0 Å². The van der Waals surface area contributed by atoms with Gasteiger partial charge in [-0.15, -0.1) is 0 Å². The lowest BCUT2D eigenvalue weighted by Gasteiger charge is -2.38. The molecule has 1 aromatic rings. The number of hydrogen-bond acceptors (Lipinski definition) is 3. The molecule has 2 atom stereocenters. The van der Waals surface area contributed by atoms with Crippen LogP contribution < -0.4 is 10.1 Å². The molecule has 2 rings (SSSR count). The van der Waals surface area contributed by atoms with Gasteiger partial charge in [0, 0.05) is 24.7 Å².